The van der Waals surface area contributed by atoms with E-state index in [0.717, 1.165) is 16.8 Å². The van der Waals surface area contributed by atoms with Crippen LogP contribution in [0.2, 0.25) is 0 Å². The lowest BCUT2D eigenvalue weighted by atomic mass is 10.1. The molecule has 0 unspecified atom stereocenters. The summed E-state index contributed by atoms with van der Waals surface area (Å²) >= 11 is 0. The highest BCUT2D eigenvalue weighted by Gasteiger charge is 2.11. The van der Waals surface area contributed by atoms with Crippen LogP contribution in [0.25, 0.3) is 0 Å². The van der Waals surface area contributed by atoms with Gasteiger partial charge in [0.1, 0.15) is 17.8 Å². The maximum Gasteiger partial charge on any atom is 0.274 e. The highest BCUT2D eigenvalue weighted by molar-refractivity contribution is 6.04. The van der Waals surface area contributed by atoms with Crippen LogP contribution in [0.3, 0.4) is 0 Å². The molecule has 6 nitrogen and oxygen atoms in total. The number of aromatic nitrogens is 2. The first kappa shape index (κ1) is 18.3. The standard InChI is InChI=1S/C21H20N4O2/c1-13-7-8-14(2)18(9-13)25-20-11-19(22-12-23-20)21(27)24-17-6-4-5-16(10-17)15(3)26/h4-12H,1-3H3,(H,24,27)(H,22,23,25). The zero-order valence-electron chi connectivity index (χ0n) is 15.4. The van der Waals surface area contributed by atoms with Crippen molar-refractivity contribution >= 4 is 28.9 Å². The van der Waals surface area contributed by atoms with E-state index in [1.165, 1.54) is 13.3 Å². The van der Waals surface area contributed by atoms with Gasteiger partial charge in [-0.05, 0) is 50.1 Å². The Hall–Kier alpha value is -3.54. The topological polar surface area (TPSA) is 84.0 Å². The van der Waals surface area contributed by atoms with Crippen molar-refractivity contribution in [3.8, 4) is 0 Å². The van der Waals surface area contributed by atoms with Gasteiger partial charge in [-0.15, -0.1) is 0 Å². The number of carbonyl (C=O) groups excluding carboxylic acids is 2. The lowest BCUT2D eigenvalue weighted by Crippen LogP contribution is -2.14. The molecule has 0 aliphatic rings. The molecule has 0 aliphatic carbocycles. The first-order chi connectivity index (χ1) is 12.9. The molecular formula is C21H20N4O2. The van der Waals surface area contributed by atoms with Crippen LogP contribution in [0.1, 0.15) is 38.9 Å². The molecule has 27 heavy (non-hydrogen) atoms. The summed E-state index contributed by atoms with van der Waals surface area (Å²) in [5.41, 5.74) is 4.43. The third-order valence-electron chi connectivity index (χ3n) is 4.08. The number of ketones is 1. The van der Waals surface area contributed by atoms with Gasteiger partial charge in [-0.25, -0.2) is 9.97 Å². The smallest absolute Gasteiger partial charge is 0.274 e. The average molecular weight is 360 g/mol. The molecule has 136 valence electrons. The van der Waals surface area contributed by atoms with Crippen LogP contribution in [-0.2, 0) is 0 Å². The summed E-state index contributed by atoms with van der Waals surface area (Å²) < 4.78 is 0. The Kier molecular flexibility index (Phi) is 5.26. The zero-order valence-corrected chi connectivity index (χ0v) is 15.4. The van der Waals surface area contributed by atoms with Gasteiger partial charge in [-0.3, -0.25) is 9.59 Å². The second-order valence-electron chi connectivity index (χ2n) is 6.32. The van der Waals surface area contributed by atoms with E-state index >= 15 is 0 Å². The molecule has 0 spiro atoms. The van der Waals surface area contributed by atoms with E-state index in [0.29, 0.717) is 17.1 Å². The maximum atomic E-state index is 12.5. The van der Waals surface area contributed by atoms with Crippen molar-refractivity contribution in [2.45, 2.75) is 20.8 Å². The van der Waals surface area contributed by atoms with E-state index < -0.39 is 0 Å². The number of amides is 1. The summed E-state index contributed by atoms with van der Waals surface area (Å²) in [6, 6.07) is 14.4. The summed E-state index contributed by atoms with van der Waals surface area (Å²) in [6.45, 7) is 5.49. The second kappa shape index (κ2) is 7.78. The third kappa shape index (κ3) is 4.55. The molecule has 0 fully saturated rings. The maximum absolute atomic E-state index is 12.5. The Balaban J connectivity index is 1.78. The lowest BCUT2D eigenvalue weighted by molar-refractivity contribution is 0.100. The van der Waals surface area contributed by atoms with Crippen LogP contribution in [-0.4, -0.2) is 21.7 Å². The zero-order chi connectivity index (χ0) is 19.4. The van der Waals surface area contributed by atoms with Crippen LogP contribution >= 0.6 is 0 Å². The monoisotopic (exact) mass is 360 g/mol. The van der Waals surface area contributed by atoms with Crippen LogP contribution in [0, 0.1) is 13.8 Å². The molecule has 1 amide bonds. The summed E-state index contributed by atoms with van der Waals surface area (Å²) in [7, 11) is 0. The SMILES string of the molecule is CC(=O)c1cccc(NC(=O)c2cc(Nc3cc(C)ccc3C)ncn2)c1. The molecule has 1 heterocycles. The van der Waals surface area contributed by atoms with Crippen molar-refractivity contribution < 1.29 is 9.59 Å². The van der Waals surface area contributed by atoms with Gasteiger partial charge in [0.05, 0.1) is 0 Å². The number of hydrogen-bond donors (Lipinski definition) is 2. The van der Waals surface area contributed by atoms with Gasteiger partial charge in [0, 0.05) is 23.0 Å². The van der Waals surface area contributed by atoms with E-state index in [2.05, 4.69) is 20.6 Å². The van der Waals surface area contributed by atoms with E-state index in [1.807, 2.05) is 32.0 Å². The largest absolute Gasteiger partial charge is 0.340 e. The van der Waals surface area contributed by atoms with Gasteiger partial charge in [0.15, 0.2) is 5.78 Å². The normalized spacial score (nSPS) is 10.3. The molecular weight excluding hydrogens is 340 g/mol. The fourth-order valence-electron chi connectivity index (χ4n) is 2.57. The minimum atomic E-state index is -0.373. The van der Waals surface area contributed by atoms with Gasteiger partial charge in [-0.1, -0.05) is 24.3 Å². The fourth-order valence-corrected chi connectivity index (χ4v) is 2.57. The van der Waals surface area contributed by atoms with E-state index in [4.69, 9.17) is 0 Å². The molecule has 0 saturated carbocycles. The second-order valence-corrected chi connectivity index (χ2v) is 6.32. The number of hydrogen-bond acceptors (Lipinski definition) is 5. The Morgan fingerprint density at radius 2 is 1.78 bits per heavy atom. The Morgan fingerprint density at radius 1 is 0.963 bits per heavy atom. The van der Waals surface area contributed by atoms with Crippen molar-refractivity contribution in [1.29, 1.82) is 0 Å². The number of benzene rings is 2. The minimum absolute atomic E-state index is 0.0619. The van der Waals surface area contributed by atoms with Crippen LogP contribution in [0.4, 0.5) is 17.2 Å². The molecule has 3 rings (SSSR count). The first-order valence-electron chi connectivity index (χ1n) is 8.51. The summed E-state index contributed by atoms with van der Waals surface area (Å²) in [4.78, 5) is 32.2. The van der Waals surface area contributed by atoms with Crippen molar-refractivity contribution in [3.05, 3.63) is 77.2 Å². The molecule has 3 aromatic rings. The Labute approximate surface area is 157 Å². The van der Waals surface area contributed by atoms with E-state index in [9.17, 15) is 9.59 Å². The van der Waals surface area contributed by atoms with Gasteiger partial charge in [0.2, 0.25) is 0 Å². The van der Waals surface area contributed by atoms with Crippen molar-refractivity contribution in [3.63, 3.8) is 0 Å². The number of anilines is 3. The van der Waals surface area contributed by atoms with Gasteiger partial charge >= 0.3 is 0 Å². The Bertz CT molecular complexity index is 1010. The summed E-state index contributed by atoms with van der Waals surface area (Å²) in [6.07, 6.45) is 1.34. The van der Waals surface area contributed by atoms with Gasteiger partial charge < -0.3 is 10.6 Å². The third-order valence-corrected chi connectivity index (χ3v) is 4.08. The van der Waals surface area contributed by atoms with Crippen molar-refractivity contribution in [1.82, 2.24) is 9.97 Å². The van der Waals surface area contributed by atoms with Crippen LogP contribution < -0.4 is 10.6 Å². The number of rotatable bonds is 5. The molecule has 0 saturated heterocycles. The van der Waals surface area contributed by atoms with Crippen molar-refractivity contribution in [2.24, 2.45) is 0 Å². The quantitative estimate of drug-likeness (QED) is 0.663. The lowest BCUT2D eigenvalue weighted by Gasteiger charge is -2.11. The number of nitrogens with zero attached hydrogens (tertiary/aromatic N) is 2. The highest BCUT2D eigenvalue weighted by Crippen LogP contribution is 2.21. The van der Waals surface area contributed by atoms with E-state index in [1.54, 1.807) is 30.3 Å². The molecule has 0 radical (unpaired) electrons. The number of carbonyl (C=O) groups is 2. The predicted molar refractivity (Wildman–Crippen MR) is 106 cm³/mol. The number of Topliss-reactive ketones (excluding diaryl/α,β-unsaturated/α-hetero) is 1. The van der Waals surface area contributed by atoms with Gasteiger partial charge in [0.25, 0.3) is 5.91 Å². The average Bonchev–Trinajstić information content (AvgIpc) is 2.65. The van der Waals surface area contributed by atoms with Gasteiger partial charge in [-0.2, -0.15) is 0 Å². The summed E-state index contributed by atoms with van der Waals surface area (Å²) in [5.74, 6) is 0.0941. The molecule has 0 aliphatic heterocycles. The minimum Gasteiger partial charge on any atom is -0.340 e. The first-order valence-corrected chi connectivity index (χ1v) is 8.51. The number of aryl methyl sites for hydroxylation is 2. The summed E-state index contributed by atoms with van der Waals surface area (Å²) in [5, 5.41) is 5.98. The molecule has 2 N–H and O–H groups in total. The van der Waals surface area contributed by atoms with Crippen molar-refractivity contribution in [2.75, 3.05) is 10.6 Å². The van der Waals surface area contributed by atoms with E-state index in [-0.39, 0.29) is 17.4 Å². The molecule has 1 aromatic heterocycles. The molecule has 2 aromatic carbocycles. The fraction of sp³-hybridized carbons (Fsp3) is 0.143. The van der Waals surface area contributed by atoms with Crippen LogP contribution in [0.15, 0.2) is 54.9 Å². The Morgan fingerprint density at radius 3 is 2.56 bits per heavy atom. The number of nitrogens with one attached hydrogen (secondary N) is 2. The highest BCUT2D eigenvalue weighted by atomic mass is 16.2. The predicted octanol–water partition coefficient (Wildman–Crippen LogP) is 4.29. The van der Waals surface area contributed by atoms with Crippen LogP contribution in [0.5, 0.6) is 0 Å². The molecule has 0 atom stereocenters. The molecule has 0 bridgehead atoms. The molecule has 6 heteroatoms.